The zero-order valence-corrected chi connectivity index (χ0v) is 13.8. The lowest BCUT2D eigenvalue weighted by Gasteiger charge is -2.43. The Hall–Kier alpha value is -0.980. The van der Waals surface area contributed by atoms with Crippen LogP contribution >= 0.6 is 0 Å². The molecule has 1 aliphatic heterocycles. The van der Waals surface area contributed by atoms with Crippen LogP contribution in [0.25, 0.3) is 0 Å². The van der Waals surface area contributed by atoms with Gasteiger partial charge in [0.05, 0.1) is 16.0 Å². The van der Waals surface area contributed by atoms with Crippen LogP contribution in [0.2, 0.25) is 0 Å². The van der Waals surface area contributed by atoms with E-state index in [4.69, 9.17) is 0 Å². The van der Waals surface area contributed by atoms with Gasteiger partial charge in [-0.05, 0) is 45.9 Å². The van der Waals surface area contributed by atoms with Gasteiger partial charge in [-0.1, -0.05) is 6.07 Å². The molecule has 1 aromatic rings. The predicted octanol–water partition coefficient (Wildman–Crippen LogP) is 1.39. The maximum atomic E-state index is 13.2. The van der Waals surface area contributed by atoms with E-state index >= 15 is 0 Å². The highest BCUT2D eigenvalue weighted by Crippen LogP contribution is 2.23. The van der Waals surface area contributed by atoms with E-state index in [2.05, 4.69) is 37.7 Å². The SMILES string of the molecule is CC1(C)CC(NS(=O)(=O)c2cccc(F)c2)CC(C)(C)[NH2+]1. The van der Waals surface area contributed by atoms with Crippen LogP contribution in [-0.4, -0.2) is 25.5 Å². The normalized spacial score (nSPS) is 22.1. The van der Waals surface area contributed by atoms with Crippen molar-refractivity contribution in [3.8, 4) is 0 Å². The lowest BCUT2D eigenvalue weighted by atomic mass is 9.80. The number of piperidine rings is 1. The summed E-state index contributed by atoms with van der Waals surface area (Å²) in [6.07, 6.45) is 1.48. The van der Waals surface area contributed by atoms with Gasteiger partial charge in [0.15, 0.2) is 0 Å². The first-order valence-corrected chi connectivity index (χ1v) is 8.62. The number of quaternary nitrogens is 1. The Kier molecular flexibility index (Phi) is 4.17. The van der Waals surface area contributed by atoms with Crippen LogP contribution in [0.3, 0.4) is 0 Å². The predicted molar refractivity (Wildman–Crippen MR) is 79.8 cm³/mol. The summed E-state index contributed by atoms with van der Waals surface area (Å²) in [6, 6.07) is 4.96. The van der Waals surface area contributed by atoms with Gasteiger partial charge in [-0.2, -0.15) is 0 Å². The molecule has 1 saturated heterocycles. The van der Waals surface area contributed by atoms with E-state index in [9.17, 15) is 12.8 Å². The summed E-state index contributed by atoms with van der Waals surface area (Å²) in [6.45, 7) is 8.43. The first-order valence-electron chi connectivity index (χ1n) is 7.14. The Labute approximate surface area is 126 Å². The third-order valence-corrected chi connectivity index (χ3v) is 5.27. The van der Waals surface area contributed by atoms with Gasteiger partial charge in [0, 0.05) is 18.9 Å². The summed E-state index contributed by atoms with van der Waals surface area (Å²) in [4.78, 5) is -0.0207. The Morgan fingerprint density at radius 2 is 1.76 bits per heavy atom. The van der Waals surface area contributed by atoms with Crippen molar-refractivity contribution in [2.75, 3.05) is 0 Å². The van der Waals surface area contributed by atoms with Crippen LogP contribution in [-0.2, 0) is 10.0 Å². The molecule has 1 heterocycles. The molecule has 0 radical (unpaired) electrons. The summed E-state index contributed by atoms with van der Waals surface area (Å²) < 4.78 is 40.7. The highest BCUT2D eigenvalue weighted by atomic mass is 32.2. The van der Waals surface area contributed by atoms with E-state index in [-0.39, 0.29) is 22.0 Å². The minimum atomic E-state index is -3.69. The molecule has 118 valence electrons. The standard InChI is InChI=1S/C15H23FN2O2S/c1-14(2)9-12(10-15(3,4)18-14)17-21(19,20)13-7-5-6-11(16)8-13/h5-8,12,17-18H,9-10H2,1-4H3/p+1. The number of sulfonamides is 1. The number of nitrogens with one attached hydrogen (secondary N) is 1. The van der Waals surface area contributed by atoms with Crippen LogP contribution in [0, 0.1) is 5.82 Å². The van der Waals surface area contributed by atoms with E-state index in [0.717, 1.165) is 18.9 Å². The first kappa shape index (κ1) is 16.4. The number of rotatable bonds is 3. The Morgan fingerprint density at radius 3 is 2.29 bits per heavy atom. The fourth-order valence-electron chi connectivity index (χ4n) is 3.52. The van der Waals surface area contributed by atoms with E-state index in [1.807, 2.05) is 0 Å². The zero-order valence-electron chi connectivity index (χ0n) is 13.0. The van der Waals surface area contributed by atoms with Crippen LogP contribution in [0.15, 0.2) is 29.2 Å². The van der Waals surface area contributed by atoms with Crippen LogP contribution in [0.5, 0.6) is 0 Å². The molecule has 4 nitrogen and oxygen atoms in total. The van der Waals surface area contributed by atoms with Crippen molar-refractivity contribution in [2.24, 2.45) is 0 Å². The zero-order chi connectivity index (χ0) is 15.9. The monoisotopic (exact) mass is 315 g/mol. The van der Waals surface area contributed by atoms with Gasteiger partial charge in [0.2, 0.25) is 10.0 Å². The molecule has 21 heavy (non-hydrogen) atoms. The minimum Gasteiger partial charge on any atom is -0.337 e. The number of nitrogens with two attached hydrogens (primary N) is 1. The van der Waals surface area contributed by atoms with E-state index in [1.165, 1.54) is 18.2 Å². The second kappa shape index (κ2) is 5.34. The Balaban J connectivity index is 2.20. The quantitative estimate of drug-likeness (QED) is 0.885. The van der Waals surface area contributed by atoms with E-state index in [0.29, 0.717) is 0 Å². The molecule has 0 saturated carbocycles. The maximum absolute atomic E-state index is 13.2. The van der Waals surface area contributed by atoms with Crippen molar-refractivity contribution in [1.29, 1.82) is 0 Å². The molecule has 3 N–H and O–H groups in total. The van der Waals surface area contributed by atoms with Crippen molar-refractivity contribution < 1.29 is 18.1 Å². The molecule has 0 amide bonds. The smallest absolute Gasteiger partial charge is 0.240 e. The molecule has 1 aliphatic rings. The van der Waals surface area contributed by atoms with Gasteiger partial charge < -0.3 is 5.32 Å². The molecule has 0 bridgehead atoms. The maximum Gasteiger partial charge on any atom is 0.240 e. The number of hydrogen-bond donors (Lipinski definition) is 2. The first-order chi connectivity index (χ1) is 9.49. The third-order valence-electron chi connectivity index (χ3n) is 3.75. The van der Waals surface area contributed by atoms with Crippen molar-refractivity contribution in [2.45, 2.75) is 62.6 Å². The highest BCUT2D eigenvalue weighted by molar-refractivity contribution is 7.89. The van der Waals surface area contributed by atoms with Gasteiger partial charge in [-0.3, -0.25) is 0 Å². The van der Waals surface area contributed by atoms with Gasteiger partial charge in [-0.25, -0.2) is 17.5 Å². The van der Waals surface area contributed by atoms with E-state index < -0.39 is 15.8 Å². The number of halogens is 1. The van der Waals surface area contributed by atoms with Gasteiger partial charge >= 0.3 is 0 Å². The minimum absolute atomic E-state index is 0.0207. The largest absolute Gasteiger partial charge is 0.337 e. The molecule has 1 aromatic carbocycles. The fraction of sp³-hybridized carbons (Fsp3) is 0.600. The van der Waals surface area contributed by atoms with Gasteiger partial charge in [0.25, 0.3) is 0 Å². The molecule has 2 rings (SSSR count). The van der Waals surface area contributed by atoms with Gasteiger partial charge in [-0.15, -0.1) is 0 Å². The molecule has 1 fully saturated rings. The Bertz CT molecular complexity index is 610. The van der Waals surface area contributed by atoms with Crippen molar-refractivity contribution in [3.05, 3.63) is 30.1 Å². The molecule has 0 spiro atoms. The molecule has 0 aliphatic carbocycles. The second-order valence-electron chi connectivity index (χ2n) is 7.31. The van der Waals surface area contributed by atoms with Crippen molar-refractivity contribution >= 4 is 10.0 Å². The third kappa shape index (κ3) is 4.25. The van der Waals surface area contributed by atoms with E-state index in [1.54, 1.807) is 0 Å². The van der Waals surface area contributed by atoms with Crippen LogP contribution in [0.4, 0.5) is 4.39 Å². The lowest BCUT2D eigenvalue weighted by molar-refractivity contribution is -0.787. The topological polar surface area (TPSA) is 62.8 Å². The summed E-state index contributed by atoms with van der Waals surface area (Å²) >= 11 is 0. The second-order valence-corrected chi connectivity index (χ2v) is 9.02. The summed E-state index contributed by atoms with van der Waals surface area (Å²) in [5.74, 6) is -0.546. The molecule has 6 heteroatoms. The summed E-state index contributed by atoms with van der Waals surface area (Å²) in [5.41, 5.74) is -0.0618. The van der Waals surface area contributed by atoms with Crippen molar-refractivity contribution in [3.63, 3.8) is 0 Å². The molecule has 0 atom stereocenters. The average molecular weight is 315 g/mol. The number of hydrogen-bond acceptors (Lipinski definition) is 2. The molecule has 0 aromatic heterocycles. The highest BCUT2D eigenvalue weighted by Gasteiger charge is 2.42. The Morgan fingerprint density at radius 1 is 1.19 bits per heavy atom. The molecule has 0 unspecified atom stereocenters. The summed E-state index contributed by atoms with van der Waals surface area (Å²) in [7, 11) is -3.69. The summed E-state index contributed by atoms with van der Waals surface area (Å²) in [5, 5.41) is 2.28. The number of benzene rings is 1. The average Bonchev–Trinajstić information content (AvgIpc) is 2.23. The molecular weight excluding hydrogens is 291 g/mol. The lowest BCUT2D eigenvalue weighted by Crippen LogP contribution is -3.06. The molecular formula is C15H24FN2O2S+. The fourth-order valence-corrected chi connectivity index (χ4v) is 4.79. The van der Waals surface area contributed by atoms with Crippen LogP contribution < -0.4 is 10.0 Å². The van der Waals surface area contributed by atoms with Crippen molar-refractivity contribution in [1.82, 2.24) is 4.72 Å². The van der Waals surface area contributed by atoms with Crippen LogP contribution in [0.1, 0.15) is 40.5 Å². The van der Waals surface area contributed by atoms with Gasteiger partial charge in [0.1, 0.15) is 5.82 Å².